The molecule has 8 nitrogen and oxygen atoms in total. The van der Waals surface area contributed by atoms with Crippen molar-refractivity contribution in [2.75, 3.05) is 19.0 Å². The number of thioether (sulfide) groups is 1. The molecule has 4 rings (SSSR count). The van der Waals surface area contributed by atoms with Crippen LogP contribution in [0.2, 0.25) is 0 Å². The van der Waals surface area contributed by atoms with Crippen molar-refractivity contribution in [3.8, 4) is 5.75 Å². The van der Waals surface area contributed by atoms with Gasteiger partial charge in [0.15, 0.2) is 0 Å². The van der Waals surface area contributed by atoms with Crippen molar-refractivity contribution in [3.05, 3.63) is 59.7 Å². The molecule has 3 aromatic rings. The third-order valence-corrected chi connectivity index (χ3v) is 6.30. The van der Waals surface area contributed by atoms with Crippen LogP contribution in [0.15, 0.2) is 53.7 Å². The maximum Gasteiger partial charge on any atom is 0.242 e. The number of hydrogen-bond donors (Lipinski definition) is 1. The second kappa shape index (κ2) is 9.93. The van der Waals surface area contributed by atoms with E-state index in [2.05, 4.69) is 20.8 Å². The van der Waals surface area contributed by atoms with Gasteiger partial charge in [0.05, 0.1) is 25.4 Å². The predicted molar refractivity (Wildman–Crippen MR) is 118 cm³/mol. The van der Waals surface area contributed by atoms with Crippen molar-refractivity contribution in [2.45, 2.75) is 42.8 Å². The Bertz CT molecular complexity index is 1020. The molecule has 2 atom stereocenters. The Morgan fingerprint density at radius 2 is 2.16 bits per heavy atom. The lowest BCUT2D eigenvalue weighted by atomic mass is 10.1. The molecule has 1 fully saturated rings. The van der Waals surface area contributed by atoms with E-state index in [4.69, 9.17) is 9.47 Å². The van der Waals surface area contributed by atoms with Crippen molar-refractivity contribution in [3.63, 3.8) is 0 Å². The van der Waals surface area contributed by atoms with E-state index in [1.54, 1.807) is 11.8 Å². The van der Waals surface area contributed by atoms with Crippen molar-refractivity contribution < 1.29 is 14.3 Å². The normalized spacial score (nSPS) is 16.8. The molecule has 1 aliphatic heterocycles. The molecule has 1 amide bonds. The van der Waals surface area contributed by atoms with E-state index in [9.17, 15) is 4.79 Å². The third-order valence-electron chi connectivity index (χ3n) is 5.08. The summed E-state index contributed by atoms with van der Waals surface area (Å²) in [6, 6.07) is 15.3. The van der Waals surface area contributed by atoms with Crippen molar-refractivity contribution in [1.29, 1.82) is 0 Å². The van der Waals surface area contributed by atoms with Crippen LogP contribution in [0.4, 0.5) is 5.69 Å². The number of carbonyl (C=O) groups is 1. The van der Waals surface area contributed by atoms with Crippen LogP contribution in [0.5, 0.6) is 5.75 Å². The number of amides is 1. The Labute approximate surface area is 185 Å². The molecule has 2 heterocycles. The number of aromatic nitrogens is 4. The zero-order valence-electron chi connectivity index (χ0n) is 17.5. The number of nitrogens with zero attached hydrogens (tertiary/aromatic N) is 4. The zero-order valence-corrected chi connectivity index (χ0v) is 18.3. The summed E-state index contributed by atoms with van der Waals surface area (Å²) in [6.45, 7) is 3.31. The maximum absolute atomic E-state index is 13.4. The smallest absolute Gasteiger partial charge is 0.242 e. The lowest BCUT2D eigenvalue weighted by Crippen LogP contribution is -2.21. The van der Waals surface area contributed by atoms with Crippen LogP contribution in [0, 0.1) is 6.92 Å². The summed E-state index contributed by atoms with van der Waals surface area (Å²) < 4.78 is 12.8. The molecule has 31 heavy (non-hydrogen) atoms. The van der Waals surface area contributed by atoms with Gasteiger partial charge in [-0.15, -0.1) is 5.10 Å². The largest absolute Gasteiger partial charge is 0.495 e. The summed E-state index contributed by atoms with van der Waals surface area (Å²) in [5, 5.41) is 15.2. The van der Waals surface area contributed by atoms with Crippen LogP contribution in [0.25, 0.3) is 0 Å². The number of aryl methyl sites for hydroxylation is 1. The first-order valence-electron chi connectivity index (χ1n) is 10.2. The molecule has 0 aliphatic carbocycles. The molecule has 1 saturated heterocycles. The van der Waals surface area contributed by atoms with Gasteiger partial charge in [-0.2, -0.15) is 0 Å². The van der Waals surface area contributed by atoms with Gasteiger partial charge in [0, 0.05) is 6.61 Å². The standard InChI is InChI=1S/C22H25N5O3S/c1-15-10-11-19(29-2)18(13-15)23-21(28)20(16-7-4-3-5-8-16)31-22-24-25-26-27(22)14-17-9-6-12-30-17/h3-5,7-8,10-11,13,17,20H,6,9,12,14H2,1-2H3,(H,23,28)/t17-,20-/m0/s1. The minimum Gasteiger partial charge on any atom is -0.495 e. The summed E-state index contributed by atoms with van der Waals surface area (Å²) >= 11 is 1.32. The Morgan fingerprint density at radius 3 is 2.90 bits per heavy atom. The van der Waals surface area contributed by atoms with Crippen molar-refractivity contribution >= 4 is 23.4 Å². The number of methoxy groups -OCH3 is 1. The van der Waals surface area contributed by atoms with Gasteiger partial charge >= 0.3 is 0 Å². The van der Waals surface area contributed by atoms with Gasteiger partial charge in [-0.25, -0.2) is 4.68 Å². The van der Waals surface area contributed by atoms with Gasteiger partial charge in [0.25, 0.3) is 0 Å². The Hall–Kier alpha value is -2.91. The van der Waals surface area contributed by atoms with Crippen LogP contribution >= 0.6 is 11.8 Å². The molecule has 0 unspecified atom stereocenters. The Morgan fingerprint density at radius 1 is 1.32 bits per heavy atom. The average Bonchev–Trinajstić information content (AvgIpc) is 3.45. The molecule has 9 heteroatoms. The van der Waals surface area contributed by atoms with Crippen LogP contribution < -0.4 is 10.1 Å². The van der Waals surface area contributed by atoms with E-state index >= 15 is 0 Å². The minimum atomic E-state index is -0.541. The number of ether oxygens (including phenoxy) is 2. The number of hydrogen-bond acceptors (Lipinski definition) is 7. The molecule has 162 valence electrons. The lowest BCUT2D eigenvalue weighted by molar-refractivity contribution is -0.115. The number of rotatable bonds is 8. The van der Waals surface area contributed by atoms with E-state index in [0.717, 1.165) is 30.6 Å². The molecular weight excluding hydrogens is 414 g/mol. The summed E-state index contributed by atoms with van der Waals surface area (Å²) in [4.78, 5) is 13.4. The molecular formula is C22H25N5O3S. The van der Waals surface area contributed by atoms with Gasteiger partial charge in [0.2, 0.25) is 11.1 Å². The van der Waals surface area contributed by atoms with E-state index in [-0.39, 0.29) is 12.0 Å². The summed E-state index contributed by atoms with van der Waals surface area (Å²) in [7, 11) is 1.59. The molecule has 0 saturated carbocycles. The second-order valence-corrected chi connectivity index (χ2v) is 8.45. The fourth-order valence-corrected chi connectivity index (χ4v) is 4.49. The monoisotopic (exact) mass is 439 g/mol. The van der Waals surface area contributed by atoms with Crippen molar-refractivity contribution in [2.24, 2.45) is 0 Å². The highest BCUT2D eigenvalue weighted by atomic mass is 32.2. The van der Waals surface area contributed by atoms with Gasteiger partial charge in [0.1, 0.15) is 11.0 Å². The van der Waals surface area contributed by atoms with Gasteiger partial charge in [-0.1, -0.05) is 48.2 Å². The van der Waals surface area contributed by atoms with Gasteiger partial charge < -0.3 is 14.8 Å². The van der Waals surface area contributed by atoms with Gasteiger partial charge in [-0.05, 0) is 53.5 Å². The maximum atomic E-state index is 13.4. The van der Waals surface area contributed by atoms with Crippen LogP contribution in [-0.2, 0) is 16.1 Å². The van der Waals surface area contributed by atoms with E-state index in [1.807, 2.05) is 55.5 Å². The number of carbonyl (C=O) groups excluding carboxylic acids is 1. The first kappa shape index (κ1) is 21.3. The van der Waals surface area contributed by atoms with E-state index in [1.165, 1.54) is 11.8 Å². The topological polar surface area (TPSA) is 91.2 Å². The van der Waals surface area contributed by atoms with Crippen LogP contribution in [0.3, 0.4) is 0 Å². The summed E-state index contributed by atoms with van der Waals surface area (Å²) in [6.07, 6.45) is 2.13. The molecule has 0 radical (unpaired) electrons. The summed E-state index contributed by atoms with van der Waals surface area (Å²) in [5.74, 6) is 0.436. The minimum absolute atomic E-state index is 0.100. The third kappa shape index (κ3) is 5.23. The lowest BCUT2D eigenvalue weighted by Gasteiger charge is -2.18. The number of benzene rings is 2. The first-order chi connectivity index (χ1) is 15.1. The molecule has 2 aromatic carbocycles. The van der Waals surface area contributed by atoms with Crippen molar-refractivity contribution in [1.82, 2.24) is 20.2 Å². The fourth-order valence-electron chi connectivity index (χ4n) is 3.50. The average molecular weight is 440 g/mol. The van der Waals surface area contributed by atoms with Gasteiger partial charge in [-0.3, -0.25) is 4.79 Å². The zero-order chi connectivity index (χ0) is 21.6. The van der Waals surface area contributed by atoms with E-state index < -0.39 is 5.25 Å². The summed E-state index contributed by atoms with van der Waals surface area (Å²) in [5.41, 5.74) is 2.52. The highest BCUT2D eigenvalue weighted by Gasteiger charge is 2.27. The fraction of sp³-hybridized carbons (Fsp3) is 0.364. The van der Waals surface area contributed by atoms with E-state index in [0.29, 0.717) is 23.1 Å². The molecule has 0 bridgehead atoms. The molecule has 1 aliphatic rings. The highest BCUT2D eigenvalue weighted by Crippen LogP contribution is 2.36. The predicted octanol–water partition coefficient (Wildman–Crippen LogP) is 3.64. The first-order valence-corrected chi connectivity index (χ1v) is 11.1. The SMILES string of the molecule is COc1ccc(C)cc1NC(=O)[C@@H](Sc1nnnn1C[C@@H]1CCCO1)c1ccccc1. The number of anilines is 1. The van der Waals surface area contributed by atoms with Crippen LogP contribution in [0.1, 0.15) is 29.2 Å². The number of tetrazole rings is 1. The van der Waals surface area contributed by atoms with Crippen LogP contribution in [-0.4, -0.2) is 45.9 Å². The quantitative estimate of drug-likeness (QED) is 0.536. The Balaban J connectivity index is 1.58. The molecule has 0 spiro atoms. The number of nitrogens with one attached hydrogen (secondary N) is 1. The second-order valence-electron chi connectivity index (χ2n) is 7.38. The highest BCUT2D eigenvalue weighted by molar-refractivity contribution is 8.00. The molecule has 1 aromatic heterocycles. The Kier molecular flexibility index (Phi) is 6.83. The molecule has 1 N–H and O–H groups in total.